The van der Waals surface area contributed by atoms with Crippen LogP contribution in [0.15, 0.2) is 22.7 Å². The van der Waals surface area contributed by atoms with E-state index >= 15 is 0 Å². The topological polar surface area (TPSA) is 21.3 Å². The summed E-state index contributed by atoms with van der Waals surface area (Å²) in [5, 5.41) is 3.23. The number of hydrogen-bond acceptors (Lipinski definition) is 2. The molecule has 0 aliphatic rings. The molecule has 1 N–H and O–H groups in total. The minimum atomic E-state index is -0.200. The summed E-state index contributed by atoms with van der Waals surface area (Å²) >= 11 is 3.30. The molecular formula is C13H19BrFNO. The lowest BCUT2D eigenvalue weighted by molar-refractivity contribution is 0.137. The van der Waals surface area contributed by atoms with E-state index in [1.165, 1.54) is 6.07 Å². The molecule has 0 fully saturated rings. The maximum atomic E-state index is 13.2. The molecule has 0 spiro atoms. The van der Waals surface area contributed by atoms with Crippen molar-refractivity contribution >= 4 is 15.9 Å². The first-order valence-electron chi connectivity index (χ1n) is 5.85. The van der Waals surface area contributed by atoms with E-state index in [2.05, 4.69) is 21.2 Å². The van der Waals surface area contributed by atoms with Crippen molar-refractivity contribution in [1.29, 1.82) is 0 Å². The van der Waals surface area contributed by atoms with Crippen molar-refractivity contribution in [3.8, 4) is 0 Å². The maximum absolute atomic E-state index is 13.2. The van der Waals surface area contributed by atoms with Crippen molar-refractivity contribution in [3.63, 3.8) is 0 Å². The zero-order valence-electron chi connectivity index (χ0n) is 10.3. The third kappa shape index (κ3) is 5.61. The molecule has 1 aromatic carbocycles. The third-order valence-electron chi connectivity index (χ3n) is 2.63. The molecule has 0 bridgehead atoms. The molecule has 1 rings (SSSR count). The van der Waals surface area contributed by atoms with Crippen molar-refractivity contribution in [2.75, 3.05) is 20.3 Å². The fourth-order valence-electron chi connectivity index (χ4n) is 1.73. The largest absolute Gasteiger partial charge is 0.382 e. The van der Waals surface area contributed by atoms with Crippen molar-refractivity contribution in [3.05, 3.63) is 34.1 Å². The minimum absolute atomic E-state index is 0.200. The molecule has 2 nitrogen and oxygen atoms in total. The molecular weight excluding hydrogens is 285 g/mol. The summed E-state index contributed by atoms with van der Waals surface area (Å²) in [6.45, 7) is 3.46. The molecule has 0 aromatic heterocycles. The van der Waals surface area contributed by atoms with Crippen LogP contribution in [0.5, 0.6) is 0 Å². The quantitative estimate of drug-likeness (QED) is 0.781. The van der Waals surface area contributed by atoms with Crippen LogP contribution < -0.4 is 5.32 Å². The number of ether oxygens (including phenoxy) is 1. The zero-order valence-corrected chi connectivity index (χ0v) is 11.9. The van der Waals surface area contributed by atoms with Gasteiger partial charge in [0.2, 0.25) is 0 Å². The molecule has 0 saturated heterocycles. The molecule has 1 unspecified atom stereocenters. The third-order valence-corrected chi connectivity index (χ3v) is 3.09. The van der Waals surface area contributed by atoms with Crippen molar-refractivity contribution in [1.82, 2.24) is 5.32 Å². The van der Waals surface area contributed by atoms with E-state index in [0.717, 1.165) is 36.1 Å². The van der Waals surface area contributed by atoms with Crippen LogP contribution in [0.1, 0.15) is 18.9 Å². The molecule has 4 heteroatoms. The van der Waals surface area contributed by atoms with E-state index in [9.17, 15) is 4.39 Å². The Morgan fingerprint density at radius 2 is 2.18 bits per heavy atom. The standard InChI is InChI=1S/C13H19BrFNO/c1-3-17-5-4-13(16-2)8-10-6-11(14)9-12(15)7-10/h6-7,9,13,16H,3-5,8H2,1-2H3. The van der Waals surface area contributed by atoms with Crippen molar-refractivity contribution < 1.29 is 9.13 Å². The summed E-state index contributed by atoms with van der Waals surface area (Å²) in [7, 11) is 1.92. The normalized spacial score (nSPS) is 12.7. The van der Waals surface area contributed by atoms with Crippen LogP contribution in [0, 0.1) is 5.82 Å². The van der Waals surface area contributed by atoms with Crippen LogP contribution in [0.3, 0.4) is 0 Å². The van der Waals surface area contributed by atoms with Gasteiger partial charge in [0.1, 0.15) is 5.82 Å². The van der Waals surface area contributed by atoms with E-state index in [1.54, 1.807) is 6.07 Å². The Kier molecular flexibility index (Phi) is 6.70. The van der Waals surface area contributed by atoms with Gasteiger partial charge in [-0.3, -0.25) is 0 Å². The Hall–Kier alpha value is -0.450. The number of rotatable bonds is 7. The van der Waals surface area contributed by atoms with E-state index < -0.39 is 0 Å². The van der Waals surface area contributed by atoms with Crippen LogP contribution >= 0.6 is 15.9 Å². The highest BCUT2D eigenvalue weighted by Crippen LogP contribution is 2.16. The molecule has 0 radical (unpaired) electrons. The Bertz CT molecular complexity index is 326. The number of halogens is 2. The lowest BCUT2D eigenvalue weighted by Gasteiger charge is -2.16. The zero-order chi connectivity index (χ0) is 12.7. The van der Waals surface area contributed by atoms with Crippen LogP contribution in [-0.4, -0.2) is 26.3 Å². The molecule has 0 aliphatic carbocycles. The van der Waals surface area contributed by atoms with E-state index in [0.29, 0.717) is 6.04 Å². The highest BCUT2D eigenvalue weighted by Gasteiger charge is 2.08. The number of benzene rings is 1. The van der Waals surface area contributed by atoms with Crippen LogP contribution in [0.25, 0.3) is 0 Å². The Labute approximate surface area is 111 Å². The smallest absolute Gasteiger partial charge is 0.124 e. The number of hydrogen-bond donors (Lipinski definition) is 1. The summed E-state index contributed by atoms with van der Waals surface area (Å²) in [5.74, 6) is -0.200. The van der Waals surface area contributed by atoms with Gasteiger partial charge < -0.3 is 10.1 Å². The van der Waals surface area contributed by atoms with Gasteiger partial charge in [0.15, 0.2) is 0 Å². The Morgan fingerprint density at radius 1 is 1.41 bits per heavy atom. The number of likely N-dealkylation sites (N-methyl/N-ethyl adjacent to an activating group) is 1. The van der Waals surface area contributed by atoms with Gasteiger partial charge in [-0.2, -0.15) is 0 Å². The molecule has 1 atom stereocenters. The first kappa shape index (κ1) is 14.6. The summed E-state index contributed by atoms with van der Waals surface area (Å²) in [6.07, 6.45) is 1.73. The summed E-state index contributed by atoms with van der Waals surface area (Å²) in [5.41, 5.74) is 0.993. The molecule has 0 aliphatic heterocycles. The van der Waals surface area contributed by atoms with E-state index in [-0.39, 0.29) is 5.82 Å². The summed E-state index contributed by atoms with van der Waals surface area (Å²) in [6, 6.07) is 5.32. The lowest BCUT2D eigenvalue weighted by Crippen LogP contribution is -2.29. The van der Waals surface area contributed by atoms with Gasteiger partial charge in [-0.05, 0) is 50.6 Å². The number of nitrogens with one attached hydrogen (secondary N) is 1. The fourth-order valence-corrected chi connectivity index (χ4v) is 2.24. The molecule has 0 saturated carbocycles. The highest BCUT2D eigenvalue weighted by atomic mass is 79.9. The van der Waals surface area contributed by atoms with Crippen LogP contribution in [-0.2, 0) is 11.2 Å². The first-order chi connectivity index (χ1) is 8.15. The first-order valence-corrected chi connectivity index (χ1v) is 6.65. The Morgan fingerprint density at radius 3 is 2.76 bits per heavy atom. The second kappa shape index (κ2) is 7.80. The summed E-state index contributed by atoms with van der Waals surface area (Å²) in [4.78, 5) is 0. The van der Waals surface area contributed by atoms with Gasteiger partial charge >= 0.3 is 0 Å². The predicted octanol–water partition coefficient (Wildman–Crippen LogP) is 3.15. The Balaban J connectivity index is 2.54. The molecule has 0 amide bonds. The van der Waals surface area contributed by atoms with Gasteiger partial charge in [-0.1, -0.05) is 15.9 Å². The highest BCUT2D eigenvalue weighted by molar-refractivity contribution is 9.10. The van der Waals surface area contributed by atoms with Crippen LogP contribution in [0.2, 0.25) is 0 Å². The van der Waals surface area contributed by atoms with Gasteiger partial charge in [0.05, 0.1) is 0 Å². The minimum Gasteiger partial charge on any atom is -0.382 e. The molecule has 1 aromatic rings. The van der Waals surface area contributed by atoms with Gasteiger partial charge in [0.25, 0.3) is 0 Å². The molecule has 96 valence electrons. The van der Waals surface area contributed by atoms with Crippen molar-refractivity contribution in [2.45, 2.75) is 25.8 Å². The second-order valence-electron chi connectivity index (χ2n) is 3.95. The predicted molar refractivity (Wildman–Crippen MR) is 71.8 cm³/mol. The second-order valence-corrected chi connectivity index (χ2v) is 4.87. The van der Waals surface area contributed by atoms with Crippen LogP contribution in [0.4, 0.5) is 4.39 Å². The monoisotopic (exact) mass is 303 g/mol. The van der Waals surface area contributed by atoms with Gasteiger partial charge in [-0.25, -0.2) is 4.39 Å². The summed E-state index contributed by atoms with van der Waals surface area (Å²) < 4.78 is 19.3. The van der Waals surface area contributed by atoms with Gasteiger partial charge in [0, 0.05) is 23.7 Å². The SMILES string of the molecule is CCOCCC(Cc1cc(F)cc(Br)c1)NC. The van der Waals surface area contributed by atoms with Gasteiger partial charge in [-0.15, -0.1) is 0 Å². The fraction of sp³-hybridized carbons (Fsp3) is 0.538. The lowest BCUT2D eigenvalue weighted by atomic mass is 10.0. The average Bonchev–Trinajstić information content (AvgIpc) is 2.26. The average molecular weight is 304 g/mol. The maximum Gasteiger partial charge on any atom is 0.124 e. The van der Waals surface area contributed by atoms with E-state index in [4.69, 9.17) is 4.74 Å². The van der Waals surface area contributed by atoms with Crippen molar-refractivity contribution in [2.24, 2.45) is 0 Å². The molecule has 17 heavy (non-hydrogen) atoms. The van der Waals surface area contributed by atoms with E-state index in [1.807, 2.05) is 20.0 Å². The molecule has 0 heterocycles.